The fourth-order valence-corrected chi connectivity index (χ4v) is 3.58. The molecule has 0 saturated heterocycles. The molecular formula is C8H13N. The van der Waals surface area contributed by atoms with E-state index in [9.17, 15) is 0 Å². The lowest BCUT2D eigenvalue weighted by atomic mass is 9.99. The molecule has 50 valence electrons. The average Bonchev–Trinajstić information content (AvgIpc) is 2.40. The summed E-state index contributed by atoms with van der Waals surface area (Å²) in [7, 11) is 0. The molecule has 4 saturated carbocycles. The van der Waals surface area contributed by atoms with Crippen LogP contribution in [-0.2, 0) is 0 Å². The highest BCUT2D eigenvalue weighted by Gasteiger charge is 2.67. The Morgan fingerprint density at radius 3 is 2.11 bits per heavy atom. The molecule has 4 rings (SSSR count). The Morgan fingerprint density at radius 2 is 1.89 bits per heavy atom. The molecule has 1 heteroatoms. The van der Waals surface area contributed by atoms with Crippen molar-refractivity contribution in [2.24, 2.45) is 35.3 Å². The Balaban J connectivity index is 1.95. The standard InChI is InChI=1S/C8H13N/c9-3-7-4-1-5-6(2-4)8(5)7/h4-8H,1-3,9H2/t4?,5-,6?,7-,8?/m1/s1. The van der Waals surface area contributed by atoms with Crippen molar-refractivity contribution in [1.82, 2.24) is 0 Å². The van der Waals surface area contributed by atoms with Gasteiger partial charge in [-0.25, -0.2) is 0 Å². The fourth-order valence-electron chi connectivity index (χ4n) is 3.58. The first kappa shape index (κ1) is 4.73. The molecule has 4 bridgehead atoms. The Bertz CT molecular complexity index is 141. The summed E-state index contributed by atoms with van der Waals surface area (Å²) in [5.74, 6) is 5.45. The van der Waals surface area contributed by atoms with Gasteiger partial charge in [0.2, 0.25) is 0 Å². The third kappa shape index (κ3) is 0.362. The molecule has 0 amide bonds. The van der Waals surface area contributed by atoms with E-state index in [-0.39, 0.29) is 0 Å². The molecular weight excluding hydrogens is 110 g/mol. The highest BCUT2D eigenvalue weighted by molar-refractivity contribution is 5.16. The van der Waals surface area contributed by atoms with Gasteiger partial charge >= 0.3 is 0 Å². The highest BCUT2D eigenvalue weighted by Crippen LogP contribution is 2.72. The molecule has 0 aromatic rings. The van der Waals surface area contributed by atoms with Gasteiger partial charge in [-0.3, -0.25) is 0 Å². The first-order valence-corrected chi connectivity index (χ1v) is 4.12. The molecule has 0 heterocycles. The van der Waals surface area contributed by atoms with E-state index < -0.39 is 0 Å². The molecule has 2 N–H and O–H groups in total. The summed E-state index contributed by atoms with van der Waals surface area (Å²) in [6.07, 6.45) is 3.08. The summed E-state index contributed by atoms with van der Waals surface area (Å²) in [5.41, 5.74) is 5.67. The summed E-state index contributed by atoms with van der Waals surface area (Å²) in [6.45, 7) is 0.975. The van der Waals surface area contributed by atoms with Crippen LogP contribution in [0.3, 0.4) is 0 Å². The van der Waals surface area contributed by atoms with Gasteiger partial charge in [0, 0.05) is 0 Å². The van der Waals surface area contributed by atoms with Crippen molar-refractivity contribution in [3.63, 3.8) is 0 Å². The van der Waals surface area contributed by atoms with Gasteiger partial charge < -0.3 is 5.73 Å². The van der Waals surface area contributed by atoms with Crippen molar-refractivity contribution in [1.29, 1.82) is 0 Å². The second kappa shape index (κ2) is 1.20. The zero-order valence-corrected chi connectivity index (χ0v) is 5.59. The summed E-state index contributed by atoms with van der Waals surface area (Å²) in [6, 6.07) is 0. The van der Waals surface area contributed by atoms with Crippen molar-refractivity contribution >= 4 is 0 Å². The predicted octanol–water partition coefficient (Wildman–Crippen LogP) is 0.847. The smallest absolute Gasteiger partial charge is 0.00433 e. The highest BCUT2D eigenvalue weighted by atomic mass is 14.8. The van der Waals surface area contributed by atoms with Crippen LogP contribution in [0.1, 0.15) is 12.8 Å². The maximum Gasteiger partial charge on any atom is -0.00433 e. The number of nitrogens with two attached hydrogens (primary N) is 1. The zero-order chi connectivity index (χ0) is 6.01. The lowest BCUT2D eigenvalue weighted by molar-refractivity contribution is 0.423. The van der Waals surface area contributed by atoms with Gasteiger partial charge in [-0.15, -0.1) is 0 Å². The van der Waals surface area contributed by atoms with E-state index in [0.717, 1.165) is 36.1 Å². The Hall–Kier alpha value is -0.0400. The first-order valence-electron chi connectivity index (χ1n) is 4.12. The number of rotatable bonds is 1. The van der Waals surface area contributed by atoms with Crippen LogP contribution in [0.4, 0.5) is 0 Å². The van der Waals surface area contributed by atoms with Crippen LogP contribution in [0.15, 0.2) is 0 Å². The number of hydrogen-bond donors (Lipinski definition) is 1. The van der Waals surface area contributed by atoms with Crippen molar-refractivity contribution in [3.05, 3.63) is 0 Å². The number of hydrogen-bond acceptors (Lipinski definition) is 1. The molecule has 4 fully saturated rings. The van der Waals surface area contributed by atoms with E-state index in [0.29, 0.717) is 0 Å². The Labute approximate surface area is 55.6 Å². The van der Waals surface area contributed by atoms with Gasteiger partial charge in [0.1, 0.15) is 0 Å². The minimum Gasteiger partial charge on any atom is -0.330 e. The van der Waals surface area contributed by atoms with E-state index in [1.165, 1.54) is 12.8 Å². The van der Waals surface area contributed by atoms with Crippen LogP contribution in [0.2, 0.25) is 0 Å². The molecule has 3 unspecified atom stereocenters. The van der Waals surface area contributed by atoms with Crippen LogP contribution in [0.5, 0.6) is 0 Å². The van der Waals surface area contributed by atoms with Crippen LogP contribution >= 0.6 is 0 Å². The summed E-state index contributed by atoms with van der Waals surface area (Å²) < 4.78 is 0. The second-order valence-corrected chi connectivity index (χ2v) is 4.04. The quantitative estimate of drug-likeness (QED) is 0.549. The zero-order valence-electron chi connectivity index (χ0n) is 5.59. The van der Waals surface area contributed by atoms with Gasteiger partial charge in [-0.1, -0.05) is 0 Å². The van der Waals surface area contributed by atoms with Crippen molar-refractivity contribution in [2.45, 2.75) is 12.8 Å². The van der Waals surface area contributed by atoms with Gasteiger partial charge in [-0.05, 0) is 49.0 Å². The van der Waals surface area contributed by atoms with E-state index in [1.54, 1.807) is 0 Å². The van der Waals surface area contributed by atoms with Crippen LogP contribution in [0.25, 0.3) is 0 Å². The van der Waals surface area contributed by atoms with E-state index >= 15 is 0 Å². The Kier molecular flexibility index (Phi) is 0.628. The van der Waals surface area contributed by atoms with Gasteiger partial charge in [-0.2, -0.15) is 0 Å². The minimum absolute atomic E-state index is 0.958. The maximum atomic E-state index is 5.67. The van der Waals surface area contributed by atoms with Gasteiger partial charge in [0.15, 0.2) is 0 Å². The average molecular weight is 123 g/mol. The molecule has 5 atom stereocenters. The lowest BCUT2D eigenvalue weighted by Gasteiger charge is -2.09. The molecule has 9 heavy (non-hydrogen) atoms. The SMILES string of the molecule is NC[C@@H]1C2CC3C1[C@@H]3C2. The largest absolute Gasteiger partial charge is 0.330 e. The molecule has 1 nitrogen and oxygen atoms in total. The van der Waals surface area contributed by atoms with E-state index in [4.69, 9.17) is 5.73 Å². The summed E-state index contributed by atoms with van der Waals surface area (Å²) in [4.78, 5) is 0. The summed E-state index contributed by atoms with van der Waals surface area (Å²) in [5, 5.41) is 0. The fraction of sp³-hybridized carbons (Fsp3) is 1.00. The topological polar surface area (TPSA) is 26.0 Å². The first-order chi connectivity index (χ1) is 4.42. The molecule has 0 spiro atoms. The van der Waals surface area contributed by atoms with Crippen molar-refractivity contribution in [3.8, 4) is 0 Å². The predicted molar refractivity (Wildman–Crippen MR) is 35.7 cm³/mol. The van der Waals surface area contributed by atoms with Gasteiger partial charge in [0.05, 0.1) is 0 Å². The molecule has 0 aromatic carbocycles. The lowest BCUT2D eigenvalue weighted by Crippen LogP contribution is -2.17. The third-order valence-electron chi connectivity index (χ3n) is 3.92. The molecule has 4 aliphatic carbocycles. The molecule has 0 radical (unpaired) electrons. The van der Waals surface area contributed by atoms with Crippen molar-refractivity contribution in [2.75, 3.05) is 6.54 Å². The summed E-state index contributed by atoms with van der Waals surface area (Å²) >= 11 is 0. The Morgan fingerprint density at radius 1 is 1.22 bits per heavy atom. The van der Waals surface area contributed by atoms with E-state index in [2.05, 4.69) is 0 Å². The van der Waals surface area contributed by atoms with Crippen LogP contribution in [0, 0.1) is 29.6 Å². The van der Waals surface area contributed by atoms with Crippen molar-refractivity contribution < 1.29 is 0 Å². The van der Waals surface area contributed by atoms with Crippen LogP contribution in [-0.4, -0.2) is 6.54 Å². The normalized spacial score (nSPS) is 67.0. The van der Waals surface area contributed by atoms with Gasteiger partial charge in [0.25, 0.3) is 0 Å². The monoisotopic (exact) mass is 123 g/mol. The molecule has 4 aliphatic rings. The molecule has 0 aromatic heterocycles. The second-order valence-electron chi connectivity index (χ2n) is 4.04. The third-order valence-corrected chi connectivity index (χ3v) is 3.92. The van der Waals surface area contributed by atoms with Crippen LogP contribution < -0.4 is 5.73 Å². The maximum absolute atomic E-state index is 5.67. The minimum atomic E-state index is 0.958. The van der Waals surface area contributed by atoms with E-state index in [1.807, 2.05) is 0 Å². The molecule has 0 aliphatic heterocycles.